The summed E-state index contributed by atoms with van der Waals surface area (Å²) in [5.74, 6) is 0.238. The average molecular weight is 340 g/mol. The maximum absolute atomic E-state index is 11.7. The Kier molecular flexibility index (Phi) is 4.59. The first-order valence-corrected chi connectivity index (χ1v) is 8.47. The highest BCUT2D eigenvalue weighted by Crippen LogP contribution is 2.38. The van der Waals surface area contributed by atoms with Crippen LogP contribution < -0.4 is 22.1 Å². The van der Waals surface area contributed by atoms with Crippen LogP contribution in [0.4, 0.5) is 17.5 Å². The lowest BCUT2D eigenvalue weighted by molar-refractivity contribution is 0.100. The molecule has 1 fully saturated rings. The summed E-state index contributed by atoms with van der Waals surface area (Å²) in [4.78, 5) is 20.4. The standard InChI is InChI=1S/C18H24N6O/c1-3-14(18(20)7-8-18)23-17-21-10-13(15(19)25)16(24-17)22-12-6-4-5-11(2)9-12/h4-6,9-10,14H,3,7-8,20H2,1-2H3,(H2,19,25)(H2,21,22,23,24). The van der Waals surface area contributed by atoms with Crippen LogP contribution in [0.15, 0.2) is 30.5 Å². The maximum atomic E-state index is 11.7. The zero-order valence-corrected chi connectivity index (χ0v) is 14.5. The molecule has 3 rings (SSSR count). The molecule has 7 heteroatoms. The topological polar surface area (TPSA) is 119 Å². The third-order valence-corrected chi connectivity index (χ3v) is 4.57. The third-order valence-electron chi connectivity index (χ3n) is 4.57. The van der Waals surface area contributed by atoms with Crippen LogP contribution in [0.5, 0.6) is 0 Å². The van der Waals surface area contributed by atoms with E-state index in [0.29, 0.717) is 11.8 Å². The number of amides is 1. The van der Waals surface area contributed by atoms with E-state index in [4.69, 9.17) is 11.5 Å². The van der Waals surface area contributed by atoms with E-state index in [1.807, 2.05) is 31.2 Å². The van der Waals surface area contributed by atoms with Crippen molar-refractivity contribution in [1.29, 1.82) is 0 Å². The van der Waals surface area contributed by atoms with Gasteiger partial charge >= 0.3 is 0 Å². The molecule has 0 bridgehead atoms. The number of rotatable bonds is 7. The van der Waals surface area contributed by atoms with E-state index in [-0.39, 0.29) is 17.1 Å². The first kappa shape index (κ1) is 17.2. The van der Waals surface area contributed by atoms with Gasteiger partial charge < -0.3 is 22.1 Å². The van der Waals surface area contributed by atoms with E-state index < -0.39 is 5.91 Å². The van der Waals surface area contributed by atoms with Crippen molar-refractivity contribution in [1.82, 2.24) is 9.97 Å². The van der Waals surface area contributed by atoms with Gasteiger partial charge in [0.2, 0.25) is 5.95 Å². The number of aromatic nitrogens is 2. The van der Waals surface area contributed by atoms with Crippen molar-refractivity contribution >= 4 is 23.4 Å². The van der Waals surface area contributed by atoms with Gasteiger partial charge in [-0.1, -0.05) is 19.1 Å². The summed E-state index contributed by atoms with van der Waals surface area (Å²) >= 11 is 0. The van der Waals surface area contributed by atoms with Crippen molar-refractivity contribution in [2.75, 3.05) is 10.6 Å². The van der Waals surface area contributed by atoms with Gasteiger partial charge in [0.15, 0.2) is 0 Å². The molecule has 1 aliphatic carbocycles. The van der Waals surface area contributed by atoms with Gasteiger partial charge in [-0.05, 0) is 43.9 Å². The highest BCUT2D eigenvalue weighted by atomic mass is 16.1. The first-order chi connectivity index (χ1) is 11.9. The molecule has 1 atom stereocenters. The van der Waals surface area contributed by atoms with Crippen LogP contribution in [0.1, 0.15) is 42.1 Å². The molecule has 132 valence electrons. The van der Waals surface area contributed by atoms with Crippen LogP contribution in [0.3, 0.4) is 0 Å². The minimum Gasteiger partial charge on any atom is -0.365 e. The molecular weight excluding hydrogens is 316 g/mol. The predicted molar refractivity (Wildman–Crippen MR) is 98.9 cm³/mol. The lowest BCUT2D eigenvalue weighted by Crippen LogP contribution is -2.42. The number of carbonyl (C=O) groups is 1. The molecule has 6 N–H and O–H groups in total. The van der Waals surface area contributed by atoms with Crippen LogP contribution in [-0.2, 0) is 0 Å². The van der Waals surface area contributed by atoms with Crippen LogP contribution in [-0.4, -0.2) is 27.5 Å². The Balaban J connectivity index is 1.88. The predicted octanol–water partition coefficient (Wildman–Crippen LogP) is 2.31. The summed E-state index contributed by atoms with van der Waals surface area (Å²) < 4.78 is 0. The van der Waals surface area contributed by atoms with Gasteiger partial charge in [-0.15, -0.1) is 0 Å². The van der Waals surface area contributed by atoms with Crippen LogP contribution in [0.25, 0.3) is 0 Å². The number of carbonyl (C=O) groups excluding carboxylic acids is 1. The van der Waals surface area contributed by atoms with Crippen molar-refractivity contribution < 1.29 is 4.79 Å². The Hall–Kier alpha value is -2.67. The van der Waals surface area contributed by atoms with Gasteiger partial charge in [-0.3, -0.25) is 4.79 Å². The Morgan fingerprint density at radius 1 is 1.40 bits per heavy atom. The molecule has 2 aromatic rings. The molecule has 0 aliphatic heterocycles. The normalized spacial score (nSPS) is 16.1. The van der Waals surface area contributed by atoms with Gasteiger partial charge in [-0.2, -0.15) is 4.98 Å². The Morgan fingerprint density at radius 3 is 2.76 bits per heavy atom. The number of nitrogens with one attached hydrogen (secondary N) is 2. The SMILES string of the molecule is CCC(Nc1ncc(C(N)=O)c(Nc2cccc(C)c2)n1)C1(N)CC1. The molecule has 1 aromatic carbocycles. The largest absolute Gasteiger partial charge is 0.365 e. The number of nitrogens with zero attached hydrogens (tertiary/aromatic N) is 2. The molecule has 0 radical (unpaired) electrons. The number of nitrogens with two attached hydrogens (primary N) is 2. The van der Waals surface area contributed by atoms with Gasteiger partial charge in [0, 0.05) is 23.5 Å². The number of benzene rings is 1. The molecule has 1 aromatic heterocycles. The zero-order valence-electron chi connectivity index (χ0n) is 14.5. The van der Waals surface area contributed by atoms with Crippen molar-refractivity contribution in [2.45, 2.75) is 44.7 Å². The number of primary amides is 1. The van der Waals surface area contributed by atoms with Gasteiger partial charge in [0.05, 0.1) is 0 Å². The lowest BCUT2D eigenvalue weighted by atomic mass is 10.1. The monoisotopic (exact) mass is 340 g/mol. The fourth-order valence-corrected chi connectivity index (χ4v) is 2.89. The van der Waals surface area contributed by atoms with Gasteiger partial charge in [0.1, 0.15) is 11.4 Å². The summed E-state index contributed by atoms with van der Waals surface area (Å²) in [7, 11) is 0. The molecule has 1 amide bonds. The summed E-state index contributed by atoms with van der Waals surface area (Å²) in [6, 6.07) is 7.89. The fourth-order valence-electron chi connectivity index (χ4n) is 2.89. The minimum atomic E-state index is -0.578. The zero-order chi connectivity index (χ0) is 18.0. The number of aryl methyl sites for hydroxylation is 1. The molecule has 1 aliphatic rings. The molecule has 0 saturated heterocycles. The fraction of sp³-hybridized carbons (Fsp3) is 0.389. The van der Waals surface area contributed by atoms with Crippen LogP contribution in [0, 0.1) is 6.92 Å². The highest BCUT2D eigenvalue weighted by molar-refractivity contribution is 5.98. The maximum Gasteiger partial charge on any atom is 0.254 e. The van der Waals surface area contributed by atoms with Crippen molar-refractivity contribution in [3.63, 3.8) is 0 Å². The van der Waals surface area contributed by atoms with Crippen molar-refractivity contribution in [3.8, 4) is 0 Å². The van der Waals surface area contributed by atoms with E-state index in [1.165, 1.54) is 6.20 Å². The Bertz CT molecular complexity index is 787. The third kappa shape index (κ3) is 3.88. The quantitative estimate of drug-likeness (QED) is 0.614. The molecule has 0 spiro atoms. The summed E-state index contributed by atoms with van der Waals surface area (Å²) in [6.07, 6.45) is 4.30. The minimum absolute atomic E-state index is 0.0961. The van der Waals surface area contributed by atoms with E-state index in [2.05, 4.69) is 27.5 Å². The van der Waals surface area contributed by atoms with E-state index in [1.54, 1.807) is 0 Å². The second-order valence-corrected chi connectivity index (χ2v) is 6.65. The summed E-state index contributed by atoms with van der Waals surface area (Å²) in [6.45, 7) is 4.07. The summed E-state index contributed by atoms with van der Waals surface area (Å²) in [5, 5.41) is 6.45. The van der Waals surface area contributed by atoms with Crippen molar-refractivity contribution in [3.05, 3.63) is 41.6 Å². The van der Waals surface area contributed by atoms with Crippen LogP contribution in [0.2, 0.25) is 0 Å². The molecule has 1 heterocycles. The lowest BCUT2D eigenvalue weighted by Gasteiger charge is -2.23. The molecule has 1 unspecified atom stereocenters. The molecule has 1 saturated carbocycles. The van der Waals surface area contributed by atoms with E-state index in [0.717, 1.165) is 30.5 Å². The average Bonchev–Trinajstić information content (AvgIpc) is 3.31. The first-order valence-electron chi connectivity index (χ1n) is 8.47. The van der Waals surface area contributed by atoms with E-state index in [9.17, 15) is 4.79 Å². The second kappa shape index (κ2) is 6.68. The highest BCUT2D eigenvalue weighted by Gasteiger charge is 2.45. The summed E-state index contributed by atoms with van der Waals surface area (Å²) in [5.41, 5.74) is 13.7. The Labute approximate surface area is 147 Å². The smallest absolute Gasteiger partial charge is 0.254 e. The molecule has 25 heavy (non-hydrogen) atoms. The van der Waals surface area contributed by atoms with E-state index >= 15 is 0 Å². The van der Waals surface area contributed by atoms with Gasteiger partial charge in [-0.25, -0.2) is 4.98 Å². The van der Waals surface area contributed by atoms with Crippen LogP contribution >= 0.6 is 0 Å². The molecule has 7 nitrogen and oxygen atoms in total. The number of anilines is 3. The molecular formula is C18H24N6O. The van der Waals surface area contributed by atoms with Gasteiger partial charge in [0.25, 0.3) is 5.91 Å². The second-order valence-electron chi connectivity index (χ2n) is 6.65. The number of hydrogen-bond donors (Lipinski definition) is 4. The Morgan fingerprint density at radius 2 is 2.16 bits per heavy atom. The number of hydrogen-bond acceptors (Lipinski definition) is 6. The van der Waals surface area contributed by atoms with Crippen molar-refractivity contribution in [2.24, 2.45) is 11.5 Å².